The summed E-state index contributed by atoms with van der Waals surface area (Å²) in [5, 5.41) is 8.87. The lowest BCUT2D eigenvalue weighted by atomic mass is 10.3. The molecule has 0 radical (unpaired) electrons. The maximum atomic E-state index is 11.4. The number of aromatic amines is 1. The highest BCUT2D eigenvalue weighted by Gasteiger charge is 2.09. The summed E-state index contributed by atoms with van der Waals surface area (Å²) in [6.07, 6.45) is 2.18. The number of amides is 1. The summed E-state index contributed by atoms with van der Waals surface area (Å²) < 4.78 is 4.84. The number of rotatable bonds is 5. The van der Waals surface area contributed by atoms with Crippen molar-refractivity contribution in [3.8, 4) is 0 Å². The summed E-state index contributed by atoms with van der Waals surface area (Å²) in [7, 11) is 1.62. The summed E-state index contributed by atoms with van der Waals surface area (Å²) in [6.45, 7) is 1.18. The second-order valence-electron chi connectivity index (χ2n) is 2.80. The van der Waals surface area contributed by atoms with Crippen molar-refractivity contribution in [2.45, 2.75) is 6.42 Å². The molecular weight excluding hydrogens is 184 g/mol. The fourth-order valence-electron chi connectivity index (χ4n) is 0.984. The zero-order chi connectivity index (χ0) is 10.4. The number of carbonyl (C=O) groups excluding carboxylic acids is 1. The van der Waals surface area contributed by atoms with Crippen LogP contribution in [0.5, 0.6) is 0 Å². The number of aromatic nitrogens is 2. The Morgan fingerprint density at radius 1 is 1.79 bits per heavy atom. The van der Waals surface area contributed by atoms with Gasteiger partial charge in [0.1, 0.15) is 5.69 Å². The summed E-state index contributed by atoms with van der Waals surface area (Å²) >= 11 is 0. The number of nitrogens with one attached hydrogen (secondary N) is 2. The standard InChI is InChI=1S/C8H14N4O2/c1-14-4-2-3-10-8(13)7-6(9)5-11-12-7/h5H,2-4,9H2,1H3,(H,10,13)(H,11,12). The van der Waals surface area contributed by atoms with Crippen LogP contribution in [-0.4, -0.2) is 36.4 Å². The van der Waals surface area contributed by atoms with Crippen molar-refractivity contribution < 1.29 is 9.53 Å². The molecule has 1 aromatic rings. The van der Waals surface area contributed by atoms with Crippen molar-refractivity contribution >= 4 is 11.6 Å². The van der Waals surface area contributed by atoms with Crippen molar-refractivity contribution in [1.29, 1.82) is 0 Å². The van der Waals surface area contributed by atoms with Gasteiger partial charge in [0.25, 0.3) is 5.91 Å². The lowest BCUT2D eigenvalue weighted by Crippen LogP contribution is -2.26. The van der Waals surface area contributed by atoms with Crippen LogP contribution in [0.25, 0.3) is 0 Å². The third kappa shape index (κ3) is 2.74. The zero-order valence-electron chi connectivity index (χ0n) is 8.04. The van der Waals surface area contributed by atoms with Gasteiger partial charge in [0.05, 0.1) is 11.9 Å². The molecule has 0 aromatic carbocycles. The van der Waals surface area contributed by atoms with Gasteiger partial charge in [0, 0.05) is 20.3 Å². The SMILES string of the molecule is COCCCNC(=O)c1[nH]ncc1N. The van der Waals surface area contributed by atoms with E-state index in [2.05, 4.69) is 15.5 Å². The van der Waals surface area contributed by atoms with Crippen LogP contribution in [0.2, 0.25) is 0 Å². The molecule has 0 fully saturated rings. The Kier molecular flexibility index (Phi) is 3.93. The molecule has 1 rings (SSSR count). The second kappa shape index (κ2) is 5.23. The first-order valence-corrected chi connectivity index (χ1v) is 4.31. The first kappa shape index (κ1) is 10.5. The number of H-pyrrole nitrogens is 1. The lowest BCUT2D eigenvalue weighted by Gasteiger charge is -2.03. The minimum Gasteiger partial charge on any atom is -0.396 e. The molecule has 0 aliphatic rings. The van der Waals surface area contributed by atoms with E-state index < -0.39 is 0 Å². The fraction of sp³-hybridized carbons (Fsp3) is 0.500. The maximum absolute atomic E-state index is 11.4. The Bertz CT molecular complexity index is 297. The van der Waals surface area contributed by atoms with Gasteiger partial charge in [0.2, 0.25) is 0 Å². The topological polar surface area (TPSA) is 93.0 Å². The van der Waals surface area contributed by atoms with Crippen LogP contribution in [0, 0.1) is 0 Å². The molecule has 0 spiro atoms. The largest absolute Gasteiger partial charge is 0.396 e. The number of nitrogens with two attached hydrogens (primary N) is 1. The van der Waals surface area contributed by atoms with Crippen LogP contribution in [0.3, 0.4) is 0 Å². The highest BCUT2D eigenvalue weighted by molar-refractivity contribution is 5.96. The predicted octanol–water partition coefficient (Wildman–Crippen LogP) is -0.242. The Balaban J connectivity index is 2.32. The molecule has 0 unspecified atom stereocenters. The van der Waals surface area contributed by atoms with Crippen LogP contribution < -0.4 is 11.1 Å². The summed E-state index contributed by atoms with van der Waals surface area (Å²) in [4.78, 5) is 11.4. The number of ether oxygens (including phenoxy) is 1. The van der Waals surface area contributed by atoms with E-state index in [9.17, 15) is 4.79 Å². The molecule has 1 amide bonds. The average Bonchev–Trinajstić information content (AvgIpc) is 2.59. The molecule has 6 nitrogen and oxygen atoms in total. The highest BCUT2D eigenvalue weighted by atomic mass is 16.5. The fourth-order valence-corrected chi connectivity index (χ4v) is 0.984. The Hall–Kier alpha value is -1.56. The van der Waals surface area contributed by atoms with E-state index in [1.165, 1.54) is 6.20 Å². The molecule has 78 valence electrons. The van der Waals surface area contributed by atoms with Crippen molar-refractivity contribution in [3.05, 3.63) is 11.9 Å². The van der Waals surface area contributed by atoms with Crippen molar-refractivity contribution in [3.63, 3.8) is 0 Å². The predicted molar refractivity (Wildman–Crippen MR) is 51.8 cm³/mol. The van der Waals surface area contributed by atoms with Gasteiger partial charge in [-0.15, -0.1) is 0 Å². The summed E-state index contributed by atoms with van der Waals surface area (Å²) in [5.74, 6) is -0.240. The van der Waals surface area contributed by atoms with E-state index in [-0.39, 0.29) is 5.91 Å². The van der Waals surface area contributed by atoms with Gasteiger partial charge in [0.15, 0.2) is 0 Å². The Morgan fingerprint density at radius 2 is 2.57 bits per heavy atom. The molecule has 1 aromatic heterocycles. The Labute approximate surface area is 81.8 Å². The molecule has 0 bridgehead atoms. The third-order valence-corrected chi connectivity index (χ3v) is 1.71. The highest BCUT2D eigenvalue weighted by Crippen LogP contribution is 2.04. The third-order valence-electron chi connectivity index (χ3n) is 1.71. The van der Waals surface area contributed by atoms with Crippen LogP contribution in [0.15, 0.2) is 6.20 Å². The van der Waals surface area contributed by atoms with Crippen molar-refractivity contribution in [2.75, 3.05) is 26.0 Å². The van der Waals surface area contributed by atoms with Gasteiger partial charge < -0.3 is 15.8 Å². The maximum Gasteiger partial charge on any atom is 0.271 e. The lowest BCUT2D eigenvalue weighted by molar-refractivity contribution is 0.0944. The summed E-state index contributed by atoms with van der Waals surface area (Å²) in [6, 6.07) is 0. The van der Waals surface area contributed by atoms with Gasteiger partial charge in [-0.2, -0.15) is 5.10 Å². The van der Waals surface area contributed by atoms with E-state index in [1.54, 1.807) is 7.11 Å². The number of hydrogen-bond donors (Lipinski definition) is 3. The smallest absolute Gasteiger partial charge is 0.271 e. The molecule has 4 N–H and O–H groups in total. The molecule has 14 heavy (non-hydrogen) atoms. The minimum absolute atomic E-state index is 0.240. The van der Waals surface area contributed by atoms with Crippen molar-refractivity contribution in [1.82, 2.24) is 15.5 Å². The second-order valence-corrected chi connectivity index (χ2v) is 2.80. The number of nitrogens with zero attached hydrogens (tertiary/aromatic N) is 1. The first-order chi connectivity index (χ1) is 6.75. The van der Waals surface area contributed by atoms with Gasteiger partial charge in [-0.05, 0) is 6.42 Å². The molecule has 0 atom stereocenters. The average molecular weight is 198 g/mol. The molecule has 0 aliphatic carbocycles. The molecule has 1 heterocycles. The summed E-state index contributed by atoms with van der Waals surface area (Å²) in [5.41, 5.74) is 6.16. The van der Waals surface area contributed by atoms with E-state index in [1.807, 2.05) is 0 Å². The quantitative estimate of drug-likeness (QED) is 0.569. The van der Waals surface area contributed by atoms with Crippen molar-refractivity contribution in [2.24, 2.45) is 0 Å². The van der Waals surface area contributed by atoms with Gasteiger partial charge in [-0.1, -0.05) is 0 Å². The molecule has 0 aliphatic heterocycles. The molecule has 6 heteroatoms. The van der Waals surface area contributed by atoms with Crippen LogP contribution in [0.1, 0.15) is 16.9 Å². The van der Waals surface area contributed by atoms with E-state index in [4.69, 9.17) is 10.5 Å². The number of methoxy groups -OCH3 is 1. The zero-order valence-corrected chi connectivity index (χ0v) is 8.04. The first-order valence-electron chi connectivity index (χ1n) is 4.31. The number of carbonyl (C=O) groups is 1. The van der Waals surface area contributed by atoms with E-state index in [0.29, 0.717) is 24.5 Å². The monoisotopic (exact) mass is 198 g/mol. The van der Waals surface area contributed by atoms with E-state index >= 15 is 0 Å². The molecule has 0 saturated carbocycles. The number of hydrogen-bond acceptors (Lipinski definition) is 4. The van der Waals surface area contributed by atoms with E-state index in [0.717, 1.165) is 6.42 Å². The minimum atomic E-state index is -0.240. The van der Waals surface area contributed by atoms with Crippen LogP contribution in [0.4, 0.5) is 5.69 Å². The number of anilines is 1. The van der Waals surface area contributed by atoms with Gasteiger partial charge >= 0.3 is 0 Å². The number of nitrogen functional groups attached to an aromatic ring is 1. The van der Waals surface area contributed by atoms with Crippen LogP contribution in [-0.2, 0) is 4.74 Å². The normalized spacial score (nSPS) is 10.1. The molecular formula is C8H14N4O2. The van der Waals surface area contributed by atoms with Gasteiger partial charge in [-0.25, -0.2) is 0 Å². The Morgan fingerprint density at radius 3 is 3.14 bits per heavy atom. The van der Waals surface area contributed by atoms with Gasteiger partial charge in [-0.3, -0.25) is 9.89 Å². The molecule has 0 saturated heterocycles. The van der Waals surface area contributed by atoms with Crippen LogP contribution >= 0.6 is 0 Å².